The van der Waals surface area contributed by atoms with Crippen molar-refractivity contribution >= 4 is 14.5 Å². The summed E-state index contributed by atoms with van der Waals surface area (Å²) in [5.74, 6) is 0. The van der Waals surface area contributed by atoms with Crippen molar-refractivity contribution in [2.75, 3.05) is 0 Å². The zero-order valence-electron chi connectivity index (χ0n) is 10.1. The van der Waals surface area contributed by atoms with E-state index in [0.29, 0.717) is 0 Å². The quantitative estimate of drug-likeness (QED) is 0.334. The van der Waals surface area contributed by atoms with Crippen LogP contribution in [0.5, 0.6) is 0 Å². The Morgan fingerprint density at radius 1 is 0.667 bits per heavy atom. The maximum Gasteiger partial charge on any atom is 0 e. The van der Waals surface area contributed by atoms with E-state index in [1.807, 2.05) is 91.0 Å². The Kier molecular flexibility index (Phi) is 11.6. The van der Waals surface area contributed by atoms with Crippen molar-refractivity contribution in [3.8, 4) is 0 Å². The minimum Gasteiger partial charge on any atom is -0.748 e. The van der Waals surface area contributed by atoms with Gasteiger partial charge in [-0.25, -0.2) is 12.1 Å². The molecule has 0 aliphatic carbocycles. The summed E-state index contributed by atoms with van der Waals surface area (Å²) in [7, 11) is 2.63. The second kappa shape index (κ2) is 12.3. The van der Waals surface area contributed by atoms with Gasteiger partial charge >= 0.3 is 0 Å². The molecular formula is C16H17FeP-6. The Morgan fingerprint density at radius 3 is 1.33 bits per heavy atom. The Labute approximate surface area is 122 Å². The standard InChI is InChI=1S/C6H7P.2C5H5.Fe/c7-6-4-2-1-3-5-6;2*1-2-4-5-3-1;/h1-5H,7H2;2*1-5H;/q;-5;-1;. The third-order valence-corrected chi connectivity index (χ3v) is 2.30. The van der Waals surface area contributed by atoms with Crippen molar-refractivity contribution in [3.63, 3.8) is 0 Å². The van der Waals surface area contributed by atoms with Gasteiger partial charge in [0.15, 0.2) is 0 Å². The maximum atomic E-state index is 2.63. The Bertz CT molecular complexity index is 368. The summed E-state index contributed by atoms with van der Waals surface area (Å²) in [6, 6.07) is 30.1. The van der Waals surface area contributed by atoms with Crippen LogP contribution in [0.15, 0.2) is 91.0 Å². The summed E-state index contributed by atoms with van der Waals surface area (Å²) in [5.41, 5.74) is 0. The van der Waals surface area contributed by atoms with Crippen molar-refractivity contribution in [2.24, 2.45) is 0 Å². The first-order valence-corrected chi connectivity index (χ1v) is 6.11. The topological polar surface area (TPSA) is 0 Å². The van der Waals surface area contributed by atoms with E-state index in [9.17, 15) is 0 Å². The van der Waals surface area contributed by atoms with E-state index in [0.717, 1.165) is 0 Å². The van der Waals surface area contributed by atoms with Crippen LogP contribution in [0.4, 0.5) is 0 Å². The van der Waals surface area contributed by atoms with Gasteiger partial charge < -0.3 is 30.3 Å². The molecule has 0 saturated heterocycles. The van der Waals surface area contributed by atoms with E-state index >= 15 is 0 Å². The molecule has 1 unspecified atom stereocenters. The van der Waals surface area contributed by atoms with Crippen LogP contribution in [-0.4, -0.2) is 0 Å². The molecule has 100 valence electrons. The zero-order chi connectivity index (χ0) is 12.2. The molecule has 0 bridgehead atoms. The van der Waals surface area contributed by atoms with Gasteiger partial charge in [-0.3, -0.25) is 0 Å². The summed E-state index contributed by atoms with van der Waals surface area (Å²) < 4.78 is 0. The molecular weight excluding hydrogens is 279 g/mol. The Morgan fingerprint density at radius 2 is 1.11 bits per heavy atom. The minimum absolute atomic E-state index is 0. The first kappa shape index (κ1) is 16.9. The molecule has 0 aromatic heterocycles. The molecule has 18 heavy (non-hydrogen) atoms. The summed E-state index contributed by atoms with van der Waals surface area (Å²) in [6.45, 7) is 0. The predicted octanol–water partition coefficient (Wildman–Crippen LogP) is 4.00. The number of hydrogen-bond donors (Lipinski definition) is 0. The molecule has 2 heteroatoms. The van der Waals surface area contributed by atoms with E-state index in [-0.39, 0.29) is 17.1 Å². The van der Waals surface area contributed by atoms with Gasteiger partial charge in [-0.15, -0.1) is 9.24 Å². The van der Waals surface area contributed by atoms with Crippen LogP contribution >= 0.6 is 9.24 Å². The van der Waals surface area contributed by atoms with Gasteiger partial charge in [0, 0.05) is 17.1 Å². The number of hydrogen-bond acceptors (Lipinski definition) is 0. The van der Waals surface area contributed by atoms with Crippen LogP contribution < -0.4 is 5.30 Å². The first-order valence-electron chi connectivity index (χ1n) is 5.53. The van der Waals surface area contributed by atoms with Gasteiger partial charge in [0.1, 0.15) is 0 Å². The minimum atomic E-state index is 0. The molecule has 0 N–H and O–H groups in total. The van der Waals surface area contributed by atoms with Crippen molar-refractivity contribution in [1.29, 1.82) is 0 Å². The normalized spacial score (nSPS) is 7.83. The molecule has 0 heterocycles. The molecule has 0 aliphatic rings. The average Bonchev–Trinajstić information content (AvgIpc) is 3.09. The molecule has 3 aromatic rings. The molecule has 1 atom stereocenters. The summed E-state index contributed by atoms with van der Waals surface area (Å²) >= 11 is 0. The SMILES string of the molecule is Pc1ccccc1.[Fe].[cH-]1[cH-][cH-][cH-][cH-]1.c1cc[cH-]c1. The van der Waals surface area contributed by atoms with Gasteiger partial charge in [0.25, 0.3) is 0 Å². The molecule has 0 amide bonds. The van der Waals surface area contributed by atoms with Crippen LogP contribution in [-0.2, 0) is 17.1 Å². The van der Waals surface area contributed by atoms with Gasteiger partial charge in [-0.2, -0.15) is 18.2 Å². The monoisotopic (exact) mass is 296 g/mol. The molecule has 0 spiro atoms. The first-order chi connectivity index (χ1) is 8.39. The van der Waals surface area contributed by atoms with Crippen molar-refractivity contribution in [2.45, 2.75) is 0 Å². The molecule has 0 radical (unpaired) electrons. The van der Waals surface area contributed by atoms with Gasteiger partial charge in [-0.05, 0) is 5.30 Å². The summed E-state index contributed by atoms with van der Waals surface area (Å²) in [4.78, 5) is 0. The Hall–Kier alpha value is -1.13. The molecule has 0 fully saturated rings. The fourth-order valence-electron chi connectivity index (χ4n) is 1.09. The molecule has 3 aromatic carbocycles. The Balaban J connectivity index is 0.000000239. The molecule has 0 saturated carbocycles. The second-order valence-electron chi connectivity index (χ2n) is 3.34. The van der Waals surface area contributed by atoms with Crippen LogP contribution in [0.25, 0.3) is 0 Å². The van der Waals surface area contributed by atoms with Gasteiger partial charge in [0.2, 0.25) is 0 Å². The zero-order valence-corrected chi connectivity index (χ0v) is 12.4. The van der Waals surface area contributed by atoms with Crippen molar-refractivity contribution < 1.29 is 17.1 Å². The average molecular weight is 296 g/mol. The van der Waals surface area contributed by atoms with Crippen LogP contribution in [0.2, 0.25) is 0 Å². The number of rotatable bonds is 0. The van der Waals surface area contributed by atoms with Crippen molar-refractivity contribution in [3.05, 3.63) is 91.0 Å². The van der Waals surface area contributed by atoms with Crippen LogP contribution in [0.1, 0.15) is 0 Å². The van der Waals surface area contributed by atoms with Gasteiger partial charge in [-0.1, -0.05) is 30.3 Å². The van der Waals surface area contributed by atoms with E-state index in [2.05, 4.69) is 9.24 Å². The van der Waals surface area contributed by atoms with Crippen molar-refractivity contribution in [1.82, 2.24) is 0 Å². The van der Waals surface area contributed by atoms with E-state index in [1.54, 1.807) is 0 Å². The molecule has 0 nitrogen and oxygen atoms in total. The second-order valence-corrected chi connectivity index (χ2v) is 4.00. The van der Waals surface area contributed by atoms with E-state index in [1.165, 1.54) is 5.30 Å². The summed E-state index contributed by atoms with van der Waals surface area (Å²) in [5, 5.41) is 1.24. The number of benzene rings is 1. The third-order valence-electron chi connectivity index (χ3n) is 1.91. The third kappa shape index (κ3) is 10.1. The summed E-state index contributed by atoms with van der Waals surface area (Å²) in [6.07, 6.45) is 0. The van der Waals surface area contributed by atoms with Gasteiger partial charge in [0.05, 0.1) is 0 Å². The van der Waals surface area contributed by atoms with Crippen LogP contribution in [0.3, 0.4) is 0 Å². The van der Waals surface area contributed by atoms with E-state index in [4.69, 9.17) is 0 Å². The largest absolute Gasteiger partial charge is 0.748 e. The maximum absolute atomic E-state index is 2.63. The van der Waals surface area contributed by atoms with E-state index < -0.39 is 0 Å². The van der Waals surface area contributed by atoms with Crippen LogP contribution in [0, 0.1) is 0 Å². The molecule has 3 rings (SSSR count). The predicted molar refractivity (Wildman–Crippen MR) is 79.9 cm³/mol. The fourth-order valence-corrected chi connectivity index (χ4v) is 1.32. The smallest absolute Gasteiger partial charge is 0 e. The fraction of sp³-hybridized carbons (Fsp3) is 0. The molecule has 0 aliphatic heterocycles.